The van der Waals surface area contributed by atoms with Crippen LogP contribution in [0.15, 0.2) is 18.9 Å². The van der Waals surface area contributed by atoms with Crippen LogP contribution < -0.4 is 16.8 Å². The number of nitrogens with two attached hydrogens (primary N) is 2. The smallest absolute Gasteiger partial charge is 0.244 e. The van der Waals surface area contributed by atoms with Crippen LogP contribution in [0.3, 0.4) is 0 Å². The number of hydrogen-bond donors (Lipinski definition) is 5. The van der Waals surface area contributed by atoms with Gasteiger partial charge in [0.25, 0.3) is 0 Å². The molecule has 160 valence electrons. The van der Waals surface area contributed by atoms with Crippen molar-refractivity contribution in [2.24, 2.45) is 5.73 Å². The fourth-order valence-electron chi connectivity index (χ4n) is 3.32. The van der Waals surface area contributed by atoms with Crippen molar-refractivity contribution in [3.05, 3.63) is 24.5 Å². The average Bonchev–Trinajstić information content (AvgIpc) is 3.46. The third kappa shape index (κ3) is 3.98. The van der Waals surface area contributed by atoms with Gasteiger partial charge in [0.15, 0.2) is 17.0 Å². The van der Waals surface area contributed by atoms with Crippen molar-refractivity contribution in [2.75, 3.05) is 17.7 Å². The predicted octanol–water partition coefficient (Wildman–Crippen LogP) is -0.905. The second-order valence-corrected chi connectivity index (χ2v) is 7.15. The van der Waals surface area contributed by atoms with Gasteiger partial charge in [0.05, 0.1) is 26.4 Å². The Morgan fingerprint density at radius 3 is 3.23 bits per heavy atom. The van der Waals surface area contributed by atoms with Crippen molar-refractivity contribution in [3.63, 3.8) is 0 Å². The number of aliphatic hydroxyl groups is 1. The van der Waals surface area contributed by atoms with Gasteiger partial charge in [-0.05, 0) is 0 Å². The first kappa shape index (κ1) is 19.3. The molecule has 1 fully saturated rings. The minimum Gasteiger partial charge on any atom is -0.390 e. The Bertz CT molecular complexity index is 1050. The summed E-state index contributed by atoms with van der Waals surface area (Å²) in [5.74, 6) is -0.227. The molecule has 13 nitrogen and oxygen atoms in total. The molecule has 4 rings (SSSR count). The molecular formula is C16H22N9O4P. The molecule has 0 radical (unpaired) electrons. The number of H-pyrrole nitrogens is 1. The number of nitrogen functional groups attached to an aromatic ring is 1. The molecule has 1 amide bonds. The van der Waals surface area contributed by atoms with Crippen LogP contribution >= 0.6 is 9.41 Å². The van der Waals surface area contributed by atoms with Crippen LogP contribution in [0.4, 0.5) is 11.8 Å². The highest BCUT2D eigenvalue weighted by Gasteiger charge is 2.37. The predicted molar refractivity (Wildman–Crippen MR) is 109 cm³/mol. The van der Waals surface area contributed by atoms with Crippen molar-refractivity contribution in [1.29, 1.82) is 1.28 Å². The van der Waals surface area contributed by atoms with E-state index < -0.39 is 39.8 Å². The third-order valence-corrected chi connectivity index (χ3v) is 4.98. The van der Waals surface area contributed by atoms with Gasteiger partial charge < -0.3 is 30.8 Å². The summed E-state index contributed by atoms with van der Waals surface area (Å²) < 4.78 is 19.7. The molecule has 1 aliphatic heterocycles. The first-order valence-corrected chi connectivity index (χ1v) is 9.53. The first-order valence-electron chi connectivity index (χ1n) is 9.62. The zero-order valence-electron chi connectivity index (χ0n) is 16.7. The van der Waals surface area contributed by atoms with E-state index in [1.165, 1.54) is 12.7 Å². The van der Waals surface area contributed by atoms with Crippen molar-refractivity contribution >= 4 is 38.2 Å². The molecule has 30 heavy (non-hydrogen) atoms. The largest absolute Gasteiger partial charge is 0.390 e. The Hall–Kier alpha value is -2.70. The monoisotopic (exact) mass is 437 g/mol. The van der Waals surface area contributed by atoms with Crippen molar-refractivity contribution in [1.82, 2.24) is 29.5 Å². The summed E-state index contributed by atoms with van der Waals surface area (Å²) in [4.78, 5) is 32.1. The van der Waals surface area contributed by atoms with E-state index >= 15 is 0 Å². The molecule has 1 aliphatic rings. The lowest BCUT2D eigenvalue weighted by atomic mass is 10.1. The van der Waals surface area contributed by atoms with Crippen LogP contribution in [0.25, 0.3) is 11.2 Å². The number of ether oxygens (including phenoxy) is 1. The molecule has 1 saturated heterocycles. The Labute approximate surface area is 174 Å². The summed E-state index contributed by atoms with van der Waals surface area (Å²) in [7, 11) is -0.472. The van der Waals surface area contributed by atoms with Crippen LogP contribution in [0, 0.1) is 0 Å². The summed E-state index contributed by atoms with van der Waals surface area (Å²) in [5.41, 5.74) is 13.3. The third-order valence-electron chi connectivity index (χ3n) is 4.81. The van der Waals surface area contributed by atoms with Crippen LogP contribution in [0.2, 0.25) is 0 Å². The summed E-state index contributed by atoms with van der Waals surface area (Å²) in [6.45, 7) is 0.0696. The SMILES string of the molecule is [3H]POCC1OC(n2c(NC(=O)C(N)Cc3cnc[nH]3)nc3c(N)ncnc32)CC1O. The van der Waals surface area contributed by atoms with Gasteiger partial charge in [-0.15, -0.1) is 0 Å². The van der Waals surface area contributed by atoms with Gasteiger partial charge in [0, 0.05) is 34.1 Å². The van der Waals surface area contributed by atoms with E-state index in [1.54, 1.807) is 10.8 Å². The quantitative estimate of drug-likeness (QED) is 0.276. The van der Waals surface area contributed by atoms with E-state index in [4.69, 9.17) is 22.0 Å². The fraction of sp³-hybridized carbons (Fsp3) is 0.438. The Balaban J connectivity index is 1.61. The number of carbonyl (C=O) groups excluding carboxylic acids is 1. The number of imidazole rings is 2. The lowest BCUT2D eigenvalue weighted by molar-refractivity contribution is -0.117. The second-order valence-electron chi connectivity index (χ2n) is 6.86. The van der Waals surface area contributed by atoms with Gasteiger partial charge in [-0.1, -0.05) is 0 Å². The zero-order valence-corrected chi connectivity index (χ0v) is 16.7. The normalized spacial score (nSPS) is 23.3. The van der Waals surface area contributed by atoms with E-state index in [0.717, 1.165) is 0 Å². The summed E-state index contributed by atoms with van der Waals surface area (Å²) in [5, 5.41) is 13.0. The highest BCUT2D eigenvalue weighted by molar-refractivity contribution is 7.09. The van der Waals surface area contributed by atoms with E-state index in [-0.39, 0.29) is 36.7 Å². The van der Waals surface area contributed by atoms with Crippen LogP contribution in [-0.2, 0) is 20.5 Å². The number of aliphatic hydroxyl groups excluding tert-OH is 1. The molecule has 0 saturated carbocycles. The molecule has 0 bridgehead atoms. The molecule has 0 spiro atoms. The maximum Gasteiger partial charge on any atom is 0.244 e. The average molecular weight is 437 g/mol. The number of fused-ring (bicyclic) bond motifs is 1. The topological polar surface area (TPSA) is 192 Å². The fourth-order valence-corrected chi connectivity index (χ4v) is 3.49. The number of hydrogen-bond acceptors (Lipinski definition) is 10. The maximum atomic E-state index is 12.7. The van der Waals surface area contributed by atoms with Gasteiger partial charge in [0.1, 0.15) is 18.7 Å². The molecule has 3 aromatic heterocycles. The molecule has 0 aliphatic carbocycles. The highest BCUT2D eigenvalue weighted by Crippen LogP contribution is 2.35. The molecule has 4 heterocycles. The highest BCUT2D eigenvalue weighted by atomic mass is 31.0. The van der Waals surface area contributed by atoms with Crippen molar-refractivity contribution in [2.45, 2.75) is 37.3 Å². The lowest BCUT2D eigenvalue weighted by Crippen LogP contribution is -2.38. The molecule has 7 N–H and O–H groups in total. The van der Waals surface area contributed by atoms with Gasteiger partial charge in [-0.25, -0.2) is 19.9 Å². The number of anilines is 2. The number of rotatable bonds is 8. The van der Waals surface area contributed by atoms with Gasteiger partial charge in [-0.3, -0.25) is 14.7 Å². The Kier molecular flexibility index (Phi) is 5.51. The molecule has 3 aromatic rings. The molecule has 14 heteroatoms. The van der Waals surface area contributed by atoms with Gasteiger partial charge in [-0.2, -0.15) is 0 Å². The molecular weight excluding hydrogens is 413 g/mol. The number of carbonyl (C=O) groups is 1. The molecule has 5 atom stereocenters. The van der Waals surface area contributed by atoms with E-state index in [1.807, 2.05) is 0 Å². The summed E-state index contributed by atoms with van der Waals surface area (Å²) >= 11 is 0. The molecule has 5 unspecified atom stereocenters. The van der Waals surface area contributed by atoms with Crippen molar-refractivity contribution < 1.29 is 19.2 Å². The van der Waals surface area contributed by atoms with E-state index in [2.05, 4.69) is 30.2 Å². The Morgan fingerprint density at radius 2 is 2.47 bits per heavy atom. The minimum atomic E-state index is -0.869. The van der Waals surface area contributed by atoms with E-state index in [0.29, 0.717) is 11.3 Å². The summed E-state index contributed by atoms with van der Waals surface area (Å²) in [6, 6.07) is -0.869. The van der Waals surface area contributed by atoms with Crippen LogP contribution in [-0.4, -0.2) is 66.6 Å². The van der Waals surface area contributed by atoms with E-state index in [9.17, 15) is 9.90 Å². The maximum absolute atomic E-state index is 12.7. The lowest BCUT2D eigenvalue weighted by Gasteiger charge is -2.18. The van der Waals surface area contributed by atoms with Crippen molar-refractivity contribution in [3.8, 4) is 0 Å². The standard InChI is InChI=1S/C16H22N9O4P/c17-8(1-7-3-19-5-20-7)15(27)24-16-23-12-13(18)21-6-22-14(12)25(16)11-2-9(26)10(29-11)4-28-30/h3,5-6,8-11,26H,1-2,4,17,30H2,(H,19,20)(H2,18,21,22)(H,23,24,27)/i30T. The van der Waals surface area contributed by atoms with Gasteiger partial charge >= 0.3 is 0 Å². The number of nitrogens with zero attached hydrogens (tertiary/aromatic N) is 5. The number of aromatic amines is 1. The number of aromatic nitrogens is 6. The van der Waals surface area contributed by atoms with Crippen LogP contribution in [0.5, 0.6) is 0 Å². The zero-order chi connectivity index (χ0) is 22.0. The first-order chi connectivity index (χ1) is 15.0. The minimum absolute atomic E-state index is 0.0696. The van der Waals surface area contributed by atoms with Crippen LogP contribution in [0.1, 0.15) is 18.3 Å². The number of nitrogens with one attached hydrogen (secondary N) is 2. The number of amides is 1. The Morgan fingerprint density at radius 1 is 1.60 bits per heavy atom. The molecule has 0 aromatic carbocycles. The van der Waals surface area contributed by atoms with Gasteiger partial charge in [0.2, 0.25) is 11.9 Å². The summed E-state index contributed by atoms with van der Waals surface area (Å²) in [6.07, 6.45) is 2.66. The second kappa shape index (κ2) is 8.58.